The van der Waals surface area contributed by atoms with Gasteiger partial charge in [0, 0.05) is 0 Å². The van der Waals surface area contributed by atoms with Gasteiger partial charge in [-0.25, -0.2) is 0 Å². The highest BCUT2D eigenvalue weighted by Crippen LogP contribution is 2.21. The summed E-state index contributed by atoms with van der Waals surface area (Å²) in [4.78, 5) is 0. The highest BCUT2D eigenvalue weighted by atomic mass is 32.1. The molecule has 0 unspecified atom stereocenters. The van der Waals surface area contributed by atoms with Gasteiger partial charge in [-0.05, 0) is 5.87 Å². The van der Waals surface area contributed by atoms with Gasteiger partial charge in [0.05, 0.1) is 0 Å². The quantitative estimate of drug-likeness (QED) is 0.357. The van der Waals surface area contributed by atoms with Crippen LogP contribution in [0, 0.1) is 0 Å². The molecule has 37 valence electrons. The van der Waals surface area contributed by atoms with Crippen LogP contribution >= 0.6 is 11.4 Å². The minimum absolute atomic E-state index is 1.03. The molecule has 0 aliphatic heterocycles. The topological polar surface area (TPSA) is 0 Å². The second-order valence-electron chi connectivity index (χ2n) is 0.597. The van der Waals surface area contributed by atoms with Crippen molar-refractivity contribution in [2.45, 2.75) is 5.51 Å². The van der Waals surface area contributed by atoms with Crippen LogP contribution in [0.4, 0.5) is 13.2 Å². The van der Waals surface area contributed by atoms with Crippen LogP contribution < -0.4 is 0 Å². The lowest BCUT2D eigenvalue weighted by Crippen LogP contribution is -1.92. The van der Waals surface area contributed by atoms with Crippen LogP contribution in [0.2, 0.25) is 0 Å². The molecule has 0 aliphatic carbocycles. The van der Waals surface area contributed by atoms with Crippen molar-refractivity contribution in [1.82, 2.24) is 0 Å². The van der Waals surface area contributed by atoms with Gasteiger partial charge in [-0.1, -0.05) is 11.4 Å². The fourth-order valence-electron chi connectivity index (χ4n) is 0. The summed E-state index contributed by atoms with van der Waals surface area (Å²) in [5.74, 6) is 4.15. The van der Waals surface area contributed by atoms with E-state index in [2.05, 4.69) is 5.87 Å². The molecule has 0 aliphatic rings. The molecule has 0 amide bonds. The van der Waals surface area contributed by atoms with Gasteiger partial charge in [0.2, 0.25) is 0 Å². The van der Waals surface area contributed by atoms with E-state index in [1.165, 1.54) is 0 Å². The first-order chi connectivity index (χ1) is 2.56. The molecule has 0 saturated heterocycles. The molecule has 0 aromatic carbocycles. The lowest BCUT2D eigenvalue weighted by atomic mass is 11.6. The van der Waals surface area contributed by atoms with Crippen molar-refractivity contribution in [2.75, 3.05) is 0 Å². The number of alkyl halides is 3. The third-order valence-electron chi connectivity index (χ3n) is 0.146. The van der Waals surface area contributed by atoms with Gasteiger partial charge in [-0.15, -0.1) is 0 Å². The van der Waals surface area contributed by atoms with E-state index in [1.807, 2.05) is 0 Å². The summed E-state index contributed by atoms with van der Waals surface area (Å²) in [5.41, 5.74) is -4.21. The Morgan fingerprint density at radius 2 is 1.50 bits per heavy atom. The maximum absolute atomic E-state index is 10.6. The van der Waals surface area contributed by atoms with Crippen LogP contribution in [-0.2, 0) is 0 Å². The third-order valence-corrected chi connectivity index (χ3v) is 0.439. The zero-order chi connectivity index (χ0) is 5.21. The number of rotatable bonds is 0. The van der Waals surface area contributed by atoms with E-state index in [0.29, 0.717) is 0 Å². The van der Waals surface area contributed by atoms with Crippen molar-refractivity contribution in [3.8, 4) is 0 Å². The first kappa shape index (κ1) is 6.01. The molecular weight excluding hydrogens is 113 g/mol. The number of hydrogen-bond donors (Lipinski definition) is 1. The Morgan fingerprint density at radius 3 is 1.50 bits per heavy atom. The minimum Gasteiger partial charge on any atom is -0.161 e. The minimum atomic E-state index is -4.21. The van der Waals surface area contributed by atoms with Crippen molar-refractivity contribution >= 4 is 17.2 Å². The zero-order valence-electron chi connectivity index (χ0n) is 2.66. The van der Waals surface area contributed by atoms with Gasteiger partial charge >= 0.3 is 5.51 Å². The smallest absolute Gasteiger partial charge is 0.161 e. The van der Waals surface area contributed by atoms with Crippen LogP contribution in [0.25, 0.3) is 0 Å². The molecular formula is C2H2F3S. The Labute approximate surface area is 36.9 Å². The zero-order valence-corrected chi connectivity index (χ0v) is 3.55. The summed E-state index contributed by atoms with van der Waals surface area (Å²) >= 11 is -1.03. The van der Waals surface area contributed by atoms with Crippen molar-refractivity contribution in [2.24, 2.45) is 0 Å². The molecule has 4 heteroatoms. The van der Waals surface area contributed by atoms with E-state index in [9.17, 15) is 13.2 Å². The van der Waals surface area contributed by atoms with Gasteiger partial charge in [-0.3, -0.25) is 0 Å². The predicted octanol–water partition coefficient (Wildman–Crippen LogP) is 1.28. The van der Waals surface area contributed by atoms with Crippen molar-refractivity contribution in [1.29, 1.82) is 0 Å². The normalized spacial score (nSPS) is 11.8. The predicted molar refractivity (Wildman–Crippen MR) is 21.1 cm³/mol. The molecule has 0 rings (SSSR count). The monoisotopic (exact) mass is 115 g/mol. The molecule has 1 radical (unpaired) electrons. The Hall–Kier alpha value is 0.01000. The van der Waals surface area contributed by atoms with E-state index in [1.54, 1.807) is 0 Å². The Bertz CT molecular complexity index is 54.3. The fourth-order valence-corrected chi connectivity index (χ4v) is 0. The van der Waals surface area contributed by atoms with E-state index >= 15 is 0 Å². The molecule has 0 aromatic rings. The molecule has 0 nitrogen and oxygen atoms in total. The van der Waals surface area contributed by atoms with E-state index in [-0.39, 0.29) is 0 Å². The second kappa shape index (κ2) is 1.64. The first-order valence-corrected chi connectivity index (χ1v) is 2.01. The Morgan fingerprint density at radius 1 is 1.33 bits per heavy atom. The highest BCUT2D eigenvalue weighted by Gasteiger charge is 2.19. The van der Waals surface area contributed by atoms with Crippen LogP contribution in [0.15, 0.2) is 0 Å². The van der Waals surface area contributed by atoms with Crippen molar-refractivity contribution < 1.29 is 13.2 Å². The van der Waals surface area contributed by atoms with Gasteiger partial charge in [0.1, 0.15) is 0 Å². The lowest BCUT2D eigenvalue weighted by Gasteiger charge is -1.92. The lowest BCUT2D eigenvalue weighted by molar-refractivity contribution is -0.0309. The van der Waals surface area contributed by atoms with E-state index in [0.717, 1.165) is 0 Å². The van der Waals surface area contributed by atoms with E-state index < -0.39 is 16.9 Å². The van der Waals surface area contributed by atoms with Gasteiger partial charge < -0.3 is 0 Å². The Balaban J connectivity index is 3.45. The molecule has 0 atom stereocenters. The molecule has 0 fully saturated rings. The van der Waals surface area contributed by atoms with Gasteiger partial charge in [0.15, 0.2) is 0 Å². The molecule has 0 aromatic heterocycles. The molecule has 0 heterocycles. The molecule has 0 bridgehead atoms. The number of thiol groups is 1. The van der Waals surface area contributed by atoms with Crippen LogP contribution in [0.5, 0.6) is 0 Å². The largest absolute Gasteiger partial charge is 0.434 e. The summed E-state index contributed by atoms with van der Waals surface area (Å²) < 4.78 is 31.9. The molecule has 6 heavy (non-hydrogen) atoms. The molecule has 0 spiro atoms. The summed E-state index contributed by atoms with van der Waals surface area (Å²) in [7, 11) is 0. The van der Waals surface area contributed by atoms with Gasteiger partial charge in [0.25, 0.3) is 0 Å². The Kier molecular flexibility index (Phi) is 1.64. The SMILES string of the molecule is [CH]=[SH]C(F)(F)F. The summed E-state index contributed by atoms with van der Waals surface area (Å²) in [6, 6.07) is 0. The van der Waals surface area contributed by atoms with Crippen LogP contribution in [0.3, 0.4) is 0 Å². The highest BCUT2D eigenvalue weighted by molar-refractivity contribution is 7.97. The second-order valence-corrected chi connectivity index (χ2v) is 1.36. The number of hydrogen-bond acceptors (Lipinski definition) is 0. The summed E-state index contributed by atoms with van der Waals surface area (Å²) in [6.45, 7) is 0. The average molecular weight is 115 g/mol. The van der Waals surface area contributed by atoms with Gasteiger partial charge in [-0.2, -0.15) is 13.2 Å². The maximum atomic E-state index is 10.6. The summed E-state index contributed by atoms with van der Waals surface area (Å²) in [5, 5.41) is 0. The fraction of sp³-hybridized carbons (Fsp3) is 0.500. The van der Waals surface area contributed by atoms with Crippen LogP contribution in [0.1, 0.15) is 0 Å². The number of halogens is 3. The van der Waals surface area contributed by atoms with Crippen molar-refractivity contribution in [3.63, 3.8) is 0 Å². The average Bonchev–Trinajstić information content (AvgIpc) is 1.35. The third kappa shape index (κ3) is 4.01. The van der Waals surface area contributed by atoms with Crippen molar-refractivity contribution in [3.05, 3.63) is 0 Å². The molecule has 0 saturated carbocycles. The summed E-state index contributed by atoms with van der Waals surface area (Å²) in [6.07, 6.45) is 0. The first-order valence-electron chi connectivity index (χ1n) is 1.05. The standard InChI is InChI=1S/C2H2F3S/c1-6-2(3,4)5/h1,6H. The molecule has 0 N–H and O–H groups in total. The maximum Gasteiger partial charge on any atom is 0.434 e. The van der Waals surface area contributed by atoms with E-state index in [4.69, 9.17) is 0 Å². The van der Waals surface area contributed by atoms with Crippen LogP contribution in [-0.4, -0.2) is 11.4 Å².